The summed E-state index contributed by atoms with van der Waals surface area (Å²) in [5.74, 6) is 0.389. The van der Waals surface area contributed by atoms with Crippen molar-refractivity contribution in [3.8, 4) is 11.3 Å². The first-order valence-electron chi connectivity index (χ1n) is 22.5. The number of aromatic nitrogens is 2. The zero-order chi connectivity index (χ0) is 42.6. The molecule has 8 aromatic rings. The Morgan fingerprint density at radius 2 is 1.25 bits per heavy atom. The molecule has 5 heteroatoms. The Balaban J connectivity index is 1.28. The number of fused-ring (bicyclic) bond motifs is 14. The SMILES string of the molecule is CC1C=c2cccc/c2=c2\ccccc2=C(c2ccccc2C2c3ccccc3-c3c4ccccc4c4ccccc4[n+]3C[n+]3ccccc3C3=CN(CCO)N=C(C3)C2C)C1C. The van der Waals surface area contributed by atoms with Crippen molar-refractivity contribution in [2.24, 2.45) is 22.9 Å². The van der Waals surface area contributed by atoms with Crippen LogP contribution in [0.3, 0.4) is 0 Å². The fourth-order valence-electron chi connectivity index (χ4n) is 10.9. The molecule has 1 N–H and O–H groups in total. The summed E-state index contributed by atoms with van der Waals surface area (Å²) in [6.45, 7) is 8.22. The van der Waals surface area contributed by atoms with Gasteiger partial charge in [-0.15, -0.1) is 9.13 Å². The summed E-state index contributed by atoms with van der Waals surface area (Å²) in [5.41, 5.74) is 12.3. The summed E-state index contributed by atoms with van der Waals surface area (Å²) in [6.07, 6.45) is 7.54. The van der Waals surface area contributed by atoms with Crippen molar-refractivity contribution in [1.82, 2.24) is 5.01 Å². The smallest absolute Gasteiger partial charge is 0.345 e. The van der Waals surface area contributed by atoms with E-state index in [2.05, 4.69) is 212 Å². The van der Waals surface area contributed by atoms with Crippen LogP contribution in [0.2, 0.25) is 0 Å². The van der Waals surface area contributed by atoms with Crippen LogP contribution in [0.25, 0.3) is 50.2 Å². The topological polar surface area (TPSA) is 43.6 Å². The maximum atomic E-state index is 10.4. The highest BCUT2D eigenvalue weighted by molar-refractivity contribution is 6.09. The molecule has 11 rings (SSSR count). The number of aliphatic hydroxyl groups is 1. The van der Waals surface area contributed by atoms with Gasteiger partial charge in [-0.05, 0) is 79.2 Å². The summed E-state index contributed by atoms with van der Waals surface area (Å²) in [7, 11) is 0. The molecule has 4 unspecified atom stereocenters. The quantitative estimate of drug-likeness (QED) is 0.142. The van der Waals surface area contributed by atoms with Gasteiger partial charge in [0.2, 0.25) is 16.9 Å². The van der Waals surface area contributed by atoms with Crippen LogP contribution >= 0.6 is 0 Å². The third-order valence-corrected chi connectivity index (χ3v) is 14.1. The highest BCUT2D eigenvalue weighted by Gasteiger charge is 2.38. The lowest BCUT2D eigenvalue weighted by Gasteiger charge is -2.34. The van der Waals surface area contributed by atoms with E-state index in [0.29, 0.717) is 19.6 Å². The highest BCUT2D eigenvalue weighted by atomic mass is 16.3. The molecule has 2 aromatic heterocycles. The summed E-state index contributed by atoms with van der Waals surface area (Å²) in [4.78, 5) is 0. The van der Waals surface area contributed by atoms with Gasteiger partial charge in [0, 0.05) is 59.3 Å². The first-order chi connectivity index (χ1) is 31.0. The van der Waals surface area contributed by atoms with Crippen LogP contribution in [0, 0.1) is 28.2 Å². The normalized spacial score (nSPS) is 19.9. The number of hydrogen-bond donors (Lipinski definition) is 1. The van der Waals surface area contributed by atoms with E-state index in [-0.39, 0.29) is 30.3 Å². The summed E-state index contributed by atoms with van der Waals surface area (Å²) >= 11 is 0. The first kappa shape index (κ1) is 38.9. The van der Waals surface area contributed by atoms with Crippen molar-refractivity contribution in [3.05, 3.63) is 219 Å². The number of benzene rings is 6. The van der Waals surface area contributed by atoms with Gasteiger partial charge < -0.3 is 5.11 Å². The summed E-state index contributed by atoms with van der Waals surface area (Å²) < 4.78 is 4.94. The standard InChI is InChI=1S/C58H52N4O/c1-38-34-41-18-4-5-19-43(41)44-20-6-8-23-47(44)56(39(38)2)48-24-9-10-25-49(48)57-40(3)53-35-42(36-61(59-53)32-33-63)54-29-16-17-31-60(54)37-62-55-30-15-14-22-46(55)45-21-7-12-27-51(45)58(62)52-28-13-11-26-50(52)57/h4-31,34,36,38-40,57,63H,32-33,35,37H2,1-3H3/q+2/b41-34?,44-43-,56-47?. The molecule has 0 radical (unpaired) electrons. The zero-order valence-corrected chi connectivity index (χ0v) is 36.2. The van der Waals surface area contributed by atoms with E-state index >= 15 is 0 Å². The van der Waals surface area contributed by atoms with Gasteiger partial charge in [0.15, 0.2) is 6.20 Å². The maximum absolute atomic E-state index is 10.4. The van der Waals surface area contributed by atoms with Crippen LogP contribution in [-0.2, 0) is 6.67 Å². The van der Waals surface area contributed by atoms with E-state index in [1.54, 1.807) is 0 Å². The van der Waals surface area contributed by atoms with Crippen molar-refractivity contribution >= 4 is 44.6 Å². The van der Waals surface area contributed by atoms with Crippen LogP contribution in [0.5, 0.6) is 0 Å². The number of aliphatic hydroxyl groups excluding tert-OH is 1. The number of hydrogen-bond acceptors (Lipinski definition) is 3. The van der Waals surface area contributed by atoms with Crippen LogP contribution < -0.4 is 19.6 Å². The van der Waals surface area contributed by atoms with Crippen molar-refractivity contribution in [1.29, 1.82) is 0 Å². The van der Waals surface area contributed by atoms with Crippen molar-refractivity contribution < 1.29 is 14.2 Å². The minimum Gasteiger partial charge on any atom is -0.394 e. The fraction of sp³-hybridized carbons (Fsp3) is 0.190. The number of nitrogens with zero attached hydrogens (tertiary/aromatic N) is 4. The molecule has 4 atom stereocenters. The lowest BCUT2D eigenvalue weighted by Crippen LogP contribution is -2.55. The van der Waals surface area contributed by atoms with Gasteiger partial charge in [-0.3, -0.25) is 5.01 Å². The van der Waals surface area contributed by atoms with Crippen LogP contribution in [0.15, 0.2) is 181 Å². The Hall–Kier alpha value is -6.95. The molecular weight excluding hydrogens is 769 g/mol. The Morgan fingerprint density at radius 3 is 2.06 bits per heavy atom. The Labute approximate surface area is 368 Å². The molecule has 63 heavy (non-hydrogen) atoms. The molecule has 5 nitrogen and oxygen atoms in total. The number of rotatable bonds is 4. The van der Waals surface area contributed by atoms with Gasteiger partial charge >= 0.3 is 6.67 Å². The van der Waals surface area contributed by atoms with Gasteiger partial charge in [0.1, 0.15) is 0 Å². The van der Waals surface area contributed by atoms with E-state index in [4.69, 9.17) is 5.10 Å². The van der Waals surface area contributed by atoms with Crippen LogP contribution in [-0.4, -0.2) is 29.0 Å². The Bertz CT molecular complexity index is 3400. The summed E-state index contributed by atoms with van der Waals surface area (Å²) in [5, 5.41) is 26.6. The Kier molecular flexibility index (Phi) is 9.93. The number of hydrazone groups is 1. The molecule has 0 fully saturated rings. The molecule has 2 aliphatic heterocycles. The lowest BCUT2D eigenvalue weighted by atomic mass is 9.71. The van der Waals surface area contributed by atoms with E-state index in [9.17, 15) is 5.11 Å². The number of β-amino-alcohol motifs (C(OH)–C–C–N with tert-alkyl or cyclic N) is 1. The average molecular weight is 821 g/mol. The molecule has 0 amide bonds. The molecule has 2 bridgehead atoms. The largest absolute Gasteiger partial charge is 0.394 e. The zero-order valence-electron chi connectivity index (χ0n) is 36.2. The molecule has 0 saturated carbocycles. The second-order valence-corrected chi connectivity index (χ2v) is 17.6. The third-order valence-electron chi connectivity index (χ3n) is 14.1. The van der Waals surface area contributed by atoms with E-state index in [0.717, 1.165) is 11.4 Å². The van der Waals surface area contributed by atoms with Gasteiger partial charge in [-0.1, -0.05) is 148 Å². The minimum atomic E-state index is -0.0867. The fourth-order valence-corrected chi connectivity index (χ4v) is 10.9. The predicted molar refractivity (Wildman–Crippen MR) is 255 cm³/mol. The van der Waals surface area contributed by atoms with Crippen LogP contribution in [0.1, 0.15) is 55.5 Å². The molecule has 0 saturated heterocycles. The number of allylic oxidation sites excluding steroid dienone is 1. The van der Waals surface area contributed by atoms with Crippen LogP contribution in [0.4, 0.5) is 0 Å². The number of pyridine rings is 2. The van der Waals surface area contributed by atoms with E-state index in [1.807, 2.05) is 5.01 Å². The molecule has 3 aliphatic rings. The second-order valence-electron chi connectivity index (χ2n) is 17.6. The van der Waals surface area contributed by atoms with Gasteiger partial charge in [-0.2, -0.15) is 5.10 Å². The number of para-hydroxylation sites is 1. The average Bonchev–Trinajstić information content (AvgIpc) is 3.32. The Morgan fingerprint density at radius 1 is 0.619 bits per heavy atom. The first-order valence-corrected chi connectivity index (χ1v) is 22.5. The molecule has 0 spiro atoms. The van der Waals surface area contributed by atoms with Gasteiger partial charge in [-0.25, -0.2) is 0 Å². The van der Waals surface area contributed by atoms with Crippen molar-refractivity contribution in [3.63, 3.8) is 0 Å². The highest BCUT2D eigenvalue weighted by Crippen LogP contribution is 2.45. The lowest BCUT2D eigenvalue weighted by molar-refractivity contribution is -0.898. The van der Waals surface area contributed by atoms with Crippen molar-refractivity contribution in [2.45, 2.75) is 39.8 Å². The van der Waals surface area contributed by atoms with Gasteiger partial charge in [0.25, 0.3) is 0 Å². The monoisotopic (exact) mass is 820 g/mol. The minimum absolute atomic E-state index is 0.00899. The second kappa shape index (κ2) is 16.1. The molecule has 308 valence electrons. The van der Waals surface area contributed by atoms with E-state index in [1.165, 1.54) is 81.6 Å². The molecule has 6 aromatic carbocycles. The van der Waals surface area contributed by atoms with Crippen molar-refractivity contribution in [2.75, 3.05) is 13.2 Å². The maximum Gasteiger partial charge on any atom is 0.345 e. The van der Waals surface area contributed by atoms with Gasteiger partial charge in [0.05, 0.1) is 29.5 Å². The molecule has 4 heterocycles. The third kappa shape index (κ3) is 6.61. The molecular formula is C58H52N4O+2. The predicted octanol–water partition coefficient (Wildman–Crippen LogP) is 9.47. The van der Waals surface area contributed by atoms with E-state index < -0.39 is 0 Å². The molecule has 1 aliphatic carbocycles. The summed E-state index contributed by atoms with van der Waals surface area (Å²) in [6, 6.07) is 60.7.